The van der Waals surface area contributed by atoms with Crippen LogP contribution in [-0.4, -0.2) is 40.2 Å². The number of benzene rings is 2. The lowest BCUT2D eigenvalue weighted by Gasteiger charge is -2.28. The van der Waals surface area contributed by atoms with Crippen LogP contribution in [0.1, 0.15) is 43.5 Å². The molecule has 1 atom stereocenters. The van der Waals surface area contributed by atoms with E-state index in [-0.39, 0.29) is 0 Å². The number of allylic oxidation sites excluding steroid dienone is 1. The second kappa shape index (κ2) is 11.4. The molecule has 0 saturated heterocycles. The van der Waals surface area contributed by atoms with E-state index >= 15 is 0 Å². The van der Waals surface area contributed by atoms with E-state index in [0.29, 0.717) is 51.6 Å². The molecule has 36 heavy (non-hydrogen) atoms. The summed E-state index contributed by atoms with van der Waals surface area (Å²) in [4.78, 5) is 17.5. The molecule has 1 aromatic heterocycles. The summed E-state index contributed by atoms with van der Waals surface area (Å²) in [7, 11) is 1.37. The number of aromatic nitrogens is 3. The zero-order valence-electron chi connectivity index (χ0n) is 20.9. The summed E-state index contributed by atoms with van der Waals surface area (Å²) >= 11 is 5.21. The van der Waals surface area contributed by atoms with E-state index in [9.17, 15) is 4.79 Å². The number of rotatable bonds is 9. The number of thioether (sulfide) groups is 1. The molecule has 0 bridgehead atoms. The maximum Gasteiger partial charge on any atom is 0.338 e. The van der Waals surface area contributed by atoms with E-state index in [1.807, 2.05) is 45.0 Å². The van der Waals surface area contributed by atoms with Crippen molar-refractivity contribution in [3.63, 3.8) is 0 Å². The molecule has 1 aliphatic heterocycles. The average molecular weight is 574 g/mol. The predicted octanol–water partition coefficient (Wildman–Crippen LogP) is 5.90. The molecule has 1 unspecified atom stereocenters. The number of nitrogens with zero attached hydrogens (tertiary/aromatic N) is 3. The van der Waals surface area contributed by atoms with Gasteiger partial charge in [0, 0.05) is 5.70 Å². The Kier molecular flexibility index (Phi) is 8.25. The Morgan fingerprint density at radius 1 is 1.17 bits per heavy atom. The number of anilines is 1. The van der Waals surface area contributed by atoms with Gasteiger partial charge in [0.25, 0.3) is 0 Å². The number of methoxy groups -OCH3 is 1. The van der Waals surface area contributed by atoms with Crippen molar-refractivity contribution in [2.24, 2.45) is 0 Å². The van der Waals surface area contributed by atoms with Gasteiger partial charge in [0.15, 0.2) is 11.5 Å². The molecule has 0 fully saturated rings. The SMILES string of the molecule is CCOc1cc(C2C(C(=O)OC)=C(C)Nc3nc(SCC)nn32)cc(Br)c1OCc1ccc(C)cc1. The molecule has 0 radical (unpaired) electrons. The number of halogens is 1. The van der Waals surface area contributed by atoms with E-state index in [2.05, 4.69) is 50.4 Å². The van der Waals surface area contributed by atoms with Crippen LogP contribution in [0.15, 0.2) is 57.3 Å². The van der Waals surface area contributed by atoms with Gasteiger partial charge in [0.05, 0.1) is 23.8 Å². The number of fused-ring (bicyclic) bond motifs is 1. The first-order valence-corrected chi connectivity index (χ1v) is 13.4. The minimum atomic E-state index is -0.561. The molecule has 0 saturated carbocycles. The maximum absolute atomic E-state index is 12.9. The number of nitrogens with one attached hydrogen (secondary N) is 1. The monoisotopic (exact) mass is 572 g/mol. The lowest BCUT2D eigenvalue weighted by Crippen LogP contribution is -2.29. The molecule has 0 spiro atoms. The number of carbonyl (C=O) groups is 1. The number of ether oxygens (including phenoxy) is 3. The highest BCUT2D eigenvalue weighted by atomic mass is 79.9. The molecule has 1 aliphatic rings. The molecule has 0 amide bonds. The summed E-state index contributed by atoms with van der Waals surface area (Å²) in [5.41, 5.74) is 4.14. The molecular weight excluding hydrogens is 544 g/mol. The van der Waals surface area contributed by atoms with Gasteiger partial charge in [-0.3, -0.25) is 0 Å². The Bertz CT molecular complexity index is 1290. The fourth-order valence-corrected chi connectivity index (χ4v) is 5.12. The van der Waals surface area contributed by atoms with Crippen LogP contribution in [0.5, 0.6) is 11.5 Å². The van der Waals surface area contributed by atoms with Crippen molar-refractivity contribution in [3.8, 4) is 11.5 Å². The third kappa shape index (κ3) is 5.39. The van der Waals surface area contributed by atoms with Crippen LogP contribution in [0.2, 0.25) is 0 Å². The average Bonchev–Trinajstić information content (AvgIpc) is 3.25. The third-order valence-corrected chi connectivity index (χ3v) is 6.97. The highest BCUT2D eigenvalue weighted by Crippen LogP contribution is 2.43. The van der Waals surface area contributed by atoms with Crippen molar-refractivity contribution in [2.75, 3.05) is 24.8 Å². The van der Waals surface area contributed by atoms with Gasteiger partial charge in [-0.25, -0.2) is 9.48 Å². The Morgan fingerprint density at radius 2 is 1.92 bits per heavy atom. The lowest BCUT2D eigenvalue weighted by atomic mass is 9.95. The van der Waals surface area contributed by atoms with Gasteiger partial charge in [-0.05, 0) is 65.7 Å². The van der Waals surface area contributed by atoms with Gasteiger partial charge < -0.3 is 19.5 Å². The Morgan fingerprint density at radius 3 is 2.58 bits per heavy atom. The standard InChI is InChI=1S/C26H29BrN4O4S/c1-6-34-20-13-18(12-19(27)23(20)35-14-17-10-8-15(3)9-11-17)22-21(24(32)33-5)16(4)28-25-29-26(36-7-2)30-31(22)25/h8-13,22H,6-7,14H2,1-5H3,(H,28,29,30). The van der Waals surface area contributed by atoms with Crippen LogP contribution in [0, 0.1) is 6.92 Å². The number of aryl methyl sites for hydroxylation is 1. The van der Waals surface area contributed by atoms with Gasteiger partial charge in [0.2, 0.25) is 11.1 Å². The van der Waals surface area contributed by atoms with Gasteiger partial charge in [-0.15, -0.1) is 5.10 Å². The molecule has 10 heteroatoms. The van der Waals surface area contributed by atoms with Crippen LogP contribution in [0.3, 0.4) is 0 Å². The highest BCUT2D eigenvalue weighted by molar-refractivity contribution is 9.10. The summed E-state index contributed by atoms with van der Waals surface area (Å²) < 4.78 is 19.7. The predicted molar refractivity (Wildman–Crippen MR) is 144 cm³/mol. The van der Waals surface area contributed by atoms with Crippen molar-refractivity contribution in [3.05, 3.63) is 68.8 Å². The van der Waals surface area contributed by atoms with Crippen molar-refractivity contribution >= 4 is 39.6 Å². The van der Waals surface area contributed by atoms with E-state index in [1.54, 1.807) is 4.68 Å². The molecule has 2 aromatic carbocycles. The van der Waals surface area contributed by atoms with Crippen LogP contribution in [0.4, 0.5) is 5.95 Å². The van der Waals surface area contributed by atoms with Crippen LogP contribution < -0.4 is 14.8 Å². The Labute approximate surface area is 223 Å². The smallest absolute Gasteiger partial charge is 0.338 e. The number of hydrogen-bond donors (Lipinski definition) is 1. The van der Waals surface area contributed by atoms with E-state index in [0.717, 1.165) is 16.9 Å². The zero-order valence-corrected chi connectivity index (χ0v) is 23.3. The number of hydrogen-bond acceptors (Lipinski definition) is 8. The van der Waals surface area contributed by atoms with Gasteiger partial charge in [0.1, 0.15) is 12.6 Å². The summed E-state index contributed by atoms with van der Waals surface area (Å²) in [5, 5.41) is 8.52. The van der Waals surface area contributed by atoms with Crippen molar-refractivity contribution in [1.29, 1.82) is 0 Å². The molecule has 4 rings (SSSR count). The highest BCUT2D eigenvalue weighted by Gasteiger charge is 2.36. The first kappa shape index (κ1) is 26.1. The largest absolute Gasteiger partial charge is 0.490 e. The lowest BCUT2D eigenvalue weighted by molar-refractivity contribution is -0.136. The summed E-state index contributed by atoms with van der Waals surface area (Å²) in [6, 6.07) is 11.5. The van der Waals surface area contributed by atoms with Gasteiger partial charge in [-0.1, -0.05) is 48.5 Å². The van der Waals surface area contributed by atoms with E-state index < -0.39 is 12.0 Å². The zero-order chi connectivity index (χ0) is 25.8. The number of carbonyl (C=O) groups excluding carboxylic acids is 1. The molecule has 190 valence electrons. The van der Waals surface area contributed by atoms with Crippen LogP contribution in [0.25, 0.3) is 0 Å². The third-order valence-electron chi connectivity index (χ3n) is 5.66. The number of esters is 1. The second-order valence-electron chi connectivity index (χ2n) is 8.19. The summed E-state index contributed by atoms with van der Waals surface area (Å²) in [6.45, 7) is 8.69. The minimum absolute atomic E-state index is 0.392. The second-order valence-corrected chi connectivity index (χ2v) is 10.3. The molecule has 8 nitrogen and oxygen atoms in total. The summed E-state index contributed by atoms with van der Waals surface area (Å²) in [5.74, 6) is 2.12. The normalized spacial score (nSPS) is 14.8. The first-order valence-electron chi connectivity index (χ1n) is 11.7. The Hall–Kier alpha value is -2.98. The molecule has 2 heterocycles. The van der Waals surface area contributed by atoms with E-state index in [1.165, 1.54) is 24.4 Å². The van der Waals surface area contributed by atoms with E-state index in [4.69, 9.17) is 14.2 Å². The quantitative estimate of drug-likeness (QED) is 0.250. The van der Waals surface area contributed by atoms with Gasteiger partial charge >= 0.3 is 5.97 Å². The molecule has 3 aromatic rings. The van der Waals surface area contributed by atoms with Crippen molar-refractivity contribution in [1.82, 2.24) is 14.8 Å². The topological polar surface area (TPSA) is 87.5 Å². The fourth-order valence-electron chi connectivity index (χ4n) is 3.99. The minimum Gasteiger partial charge on any atom is -0.490 e. The van der Waals surface area contributed by atoms with Crippen molar-refractivity contribution in [2.45, 2.75) is 45.5 Å². The fraction of sp³-hybridized carbons (Fsp3) is 0.346. The van der Waals surface area contributed by atoms with Gasteiger partial charge in [-0.2, -0.15) is 4.98 Å². The molecular formula is C26H29BrN4O4S. The van der Waals surface area contributed by atoms with Crippen molar-refractivity contribution < 1.29 is 19.0 Å². The summed E-state index contributed by atoms with van der Waals surface area (Å²) in [6.07, 6.45) is 0. The van der Waals surface area contributed by atoms with Crippen LogP contribution >= 0.6 is 27.7 Å². The Balaban J connectivity index is 1.77. The first-order chi connectivity index (χ1) is 17.4. The molecule has 0 aliphatic carbocycles. The maximum atomic E-state index is 12.9. The van der Waals surface area contributed by atoms with Crippen LogP contribution in [-0.2, 0) is 16.1 Å². The molecule has 1 N–H and O–H groups in total.